The number of benzene rings is 3. The van der Waals surface area contributed by atoms with Crippen molar-refractivity contribution in [2.24, 2.45) is 5.92 Å². The second-order valence-corrected chi connectivity index (χ2v) is 11.1. The largest absolute Gasteiger partial charge is 0.288 e. The number of hydrogen-bond acceptors (Lipinski definition) is 3. The Balaban J connectivity index is 1.49. The van der Waals surface area contributed by atoms with E-state index >= 15 is 0 Å². The van der Waals surface area contributed by atoms with Crippen molar-refractivity contribution in [2.75, 3.05) is 0 Å². The van der Waals surface area contributed by atoms with Crippen molar-refractivity contribution >= 4 is 22.9 Å². The molecule has 3 aromatic carbocycles. The van der Waals surface area contributed by atoms with E-state index in [-0.39, 0.29) is 33.8 Å². The smallest absolute Gasteiger partial charge is 0.274 e. The quantitative estimate of drug-likeness (QED) is 0.493. The second-order valence-electron chi connectivity index (χ2n) is 10.0. The van der Waals surface area contributed by atoms with E-state index in [1.54, 1.807) is 4.90 Å². The van der Waals surface area contributed by atoms with E-state index in [0.717, 1.165) is 5.56 Å². The Morgan fingerprint density at radius 3 is 1.88 bits per heavy atom. The minimum absolute atomic E-state index is 0.00678. The molecule has 3 aliphatic carbocycles. The zero-order valence-corrected chi connectivity index (χ0v) is 19.9. The normalized spacial score (nSPS) is 29.9. The Bertz CT molecular complexity index is 1240. The number of carbonyl (C=O) groups is 2. The van der Waals surface area contributed by atoms with Crippen LogP contribution in [0.3, 0.4) is 0 Å². The van der Waals surface area contributed by atoms with Gasteiger partial charge in [-0.05, 0) is 41.2 Å². The summed E-state index contributed by atoms with van der Waals surface area (Å²) in [4.78, 5) is 29.0. The molecule has 3 atom stereocenters. The molecule has 0 radical (unpaired) electrons. The van der Waals surface area contributed by atoms with Gasteiger partial charge in [-0.3, -0.25) is 14.5 Å². The summed E-state index contributed by atoms with van der Waals surface area (Å²) in [5, 5.41) is -0.111. The van der Waals surface area contributed by atoms with Crippen molar-refractivity contribution in [1.82, 2.24) is 4.90 Å². The number of hydrogen-bond donors (Lipinski definition) is 0. The van der Waals surface area contributed by atoms with E-state index in [9.17, 15) is 9.59 Å². The summed E-state index contributed by atoms with van der Waals surface area (Å²) in [6.07, 6.45) is 0.632. The first-order chi connectivity index (χ1) is 15.9. The third-order valence-corrected chi connectivity index (χ3v) is 9.67. The molecule has 166 valence electrons. The Labute approximate surface area is 199 Å². The van der Waals surface area contributed by atoms with Crippen molar-refractivity contribution in [1.29, 1.82) is 0 Å². The number of imide groups is 1. The molecule has 3 aromatic rings. The zero-order valence-electron chi connectivity index (χ0n) is 19.1. The van der Waals surface area contributed by atoms with Crippen LogP contribution in [0.5, 0.6) is 0 Å². The highest BCUT2D eigenvalue weighted by Crippen LogP contribution is 2.65. The molecule has 1 saturated heterocycles. The first-order valence-electron chi connectivity index (χ1n) is 11.7. The SMILES string of the molecule is C[C@H](Cc1ccccc1)C(=O)N1C(=O)S[C@@H]2[C@H]1C1(C)c3ccccc3C2(C)c2ccccc21. The van der Waals surface area contributed by atoms with Crippen LogP contribution in [-0.4, -0.2) is 27.3 Å². The molecule has 4 aliphatic rings. The van der Waals surface area contributed by atoms with Crippen LogP contribution in [0, 0.1) is 5.92 Å². The fourth-order valence-corrected chi connectivity index (χ4v) is 8.23. The number of nitrogens with zero attached hydrogens (tertiary/aromatic N) is 1. The minimum Gasteiger partial charge on any atom is -0.274 e. The van der Waals surface area contributed by atoms with Crippen molar-refractivity contribution in [3.05, 3.63) is 107 Å². The van der Waals surface area contributed by atoms with Crippen LogP contribution in [-0.2, 0) is 22.0 Å². The van der Waals surface area contributed by atoms with Gasteiger partial charge in [0.2, 0.25) is 5.91 Å². The third-order valence-electron chi connectivity index (χ3n) is 8.29. The maximum atomic E-state index is 13.9. The monoisotopic (exact) mass is 453 g/mol. The van der Waals surface area contributed by atoms with Gasteiger partial charge in [-0.2, -0.15) is 0 Å². The van der Waals surface area contributed by atoms with Crippen LogP contribution in [0.1, 0.15) is 48.6 Å². The van der Waals surface area contributed by atoms with Gasteiger partial charge in [0.05, 0.1) is 6.04 Å². The van der Waals surface area contributed by atoms with Crippen molar-refractivity contribution in [2.45, 2.75) is 49.3 Å². The summed E-state index contributed by atoms with van der Waals surface area (Å²) in [6, 6.07) is 27.1. The lowest BCUT2D eigenvalue weighted by atomic mass is 9.47. The number of rotatable bonds is 3. The maximum Gasteiger partial charge on any atom is 0.288 e. The van der Waals surface area contributed by atoms with Crippen molar-refractivity contribution < 1.29 is 9.59 Å². The molecular formula is C29H27NO2S. The zero-order chi connectivity index (χ0) is 23.0. The fraction of sp³-hybridized carbons (Fsp3) is 0.310. The lowest BCUT2D eigenvalue weighted by Crippen LogP contribution is -2.66. The second kappa shape index (κ2) is 7.07. The Morgan fingerprint density at radius 2 is 1.33 bits per heavy atom. The molecule has 0 saturated carbocycles. The van der Waals surface area contributed by atoms with Crippen LogP contribution in [0.15, 0.2) is 78.9 Å². The van der Waals surface area contributed by atoms with E-state index in [4.69, 9.17) is 0 Å². The molecule has 33 heavy (non-hydrogen) atoms. The van der Waals surface area contributed by atoms with Crippen LogP contribution in [0.25, 0.3) is 0 Å². The Kier molecular flexibility index (Phi) is 4.44. The summed E-state index contributed by atoms with van der Waals surface area (Å²) < 4.78 is 0. The van der Waals surface area contributed by atoms with Crippen LogP contribution < -0.4 is 0 Å². The summed E-state index contributed by atoms with van der Waals surface area (Å²) >= 11 is 1.36. The van der Waals surface area contributed by atoms with Crippen molar-refractivity contribution in [3.8, 4) is 0 Å². The number of amides is 2. The molecule has 2 bridgehead atoms. The topological polar surface area (TPSA) is 37.4 Å². The number of carbonyl (C=O) groups excluding carboxylic acids is 2. The van der Waals surface area contributed by atoms with E-state index in [0.29, 0.717) is 6.42 Å². The lowest BCUT2D eigenvalue weighted by molar-refractivity contribution is -0.134. The fourth-order valence-electron chi connectivity index (χ4n) is 6.69. The first kappa shape index (κ1) is 20.7. The summed E-state index contributed by atoms with van der Waals surface area (Å²) in [7, 11) is 0. The standard InChI is InChI=1S/C29H27NO2S/c1-18(17-19-11-5-4-6-12-19)26(31)30-24-25(33-27(30)32)29(3)22-15-9-7-13-20(22)28(24,2)21-14-8-10-16-23(21)29/h4-16,18,24-25H,17H2,1-3H3/t18-,24+,25-,28?,29?/m1/s1. The predicted molar refractivity (Wildman–Crippen MR) is 133 cm³/mol. The lowest BCUT2D eigenvalue weighted by Gasteiger charge is -2.60. The van der Waals surface area contributed by atoms with Gasteiger partial charge in [-0.15, -0.1) is 0 Å². The average Bonchev–Trinajstić information content (AvgIpc) is 3.21. The van der Waals surface area contributed by atoms with Gasteiger partial charge in [0.1, 0.15) is 0 Å². The van der Waals surface area contributed by atoms with Crippen LogP contribution >= 0.6 is 11.8 Å². The minimum atomic E-state index is -0.434. The molecule has 0 unspecified atom stereocenters. The molecule has 1 heterocycles. The van der Waals surface area contributed by atoms with E-state index < -0.39 is 5.41 Å². The summed E-state index contributed by atoms with van der Waals surface area (Å²) in [6.45, 7) is 6.46. The molecule has 4 heteroatoms. The maximum absolute atomic E-state index is 13.9. The summed E-state index contributed by atoms with van der Waals surface area (Å²) in [5.41, 5.74) is 5.43. The molecule has 1 fully saturated rings. The Hall–Kier alpha value is -2.85. The Morgan fingerprint density at radius 1 is 0.848 bits per heavy atom. The highest BCUT2D eigenvalue weighted by atomic mass is 32.2. The van der Waals surface area contributed by atoms with Gasteiger partial charge in [0.15, 0.2) is 0 Å². The molecule has 2 amide bonds. The molecule has 7 rings (SSSR count). The highest BCUT2D eigenvalue weighted by molar-refractivity contribution is 8.14. The van der Waals surface area contributed by atoms with Gasteiger partial charge >= 0.3 is 0 Å². The molecule has 0 spiro atoms. The summed E-state index contributed by atoms with van der Waals surface area (Å²) in [5.74, 6) is -0.325. The van der Waals surface area contributed by atoms with Gasteiger partial charge in [0.25, 0.3) is 5.24 Å². The van der Waals surface area contributed by atoms with Gasteiger partial charge in [0, 0.05) is 22.0 Å². The molecular weight excluding hydrogens is 426 g/mol. The molecule has 0 aromatic heterocycles. The van der Waals surface area contributed by atoms with Crippen LogP contribution in [0.4, 0.5) is 4.79 Å². The highest BCUT2D eigenvalue weighted by Gasteiger charge is 2.68. The third kappa shape index (κ3) is 2.59. The van der Waals surface area contributed by atoms with Gasteiger partial charge in [-0.1, -0.05) is 104 Å². The van der Waals surface area contributed by atoms with Gasteiger partial charge < -0.3 is 0 Å². The molecule has 3 nitrogen and oxygen atoms in total. The van der Waals surface area contributed by atoms with E-state index in [1.165, 1.54) is 34.0 Å². The van der Waals surface area contributed by atoms with E-state index in [1.807, 2.05) is 37.3 Å². The average molecular weight is 454 g/mol. The van der Waals surface area contributed by atoms with Gasteiger partial charge in [-0.25, -0.2) is 0 Å². The molecule has 1 aliphatic heterocycles. The van der Waals surface area contributed by atoms with Crippen LogP contribution in [0.2, 0.25) is 0 Å². The molecule has 0 N–H and O–H groups in total. The predicted octanol–water partition coefficient (Wildman–Crippen LogP) is 5.94. The van der Waals surface area contributed by atoms with Crippen molar-refractivity contribution in [3.63, 3.8) is 0 Å². The first-order valence-corrected chi connectivity index (χ1v) is 12.5. The number of thioether (sulfide) groups is 1. The van der Waals surface area contributed by atoms with E-state index in [2.05, 4.69) is 62.4 Å².